The number of rotatable bonds is 6. The maximum atomic E-state index is 12.1. The molecule has 0 saturated carbocycles. The summed E-state index contributed by atoms with van der Waals surface area (Å²) in [5.74, 6) is 0.733. The molecular formula is C18H28N4O. The normalized spacial score (nSPS) is 20.3. The molecule has 23 heavy (non-hydrogen) atoms. The number of allylic oxidation sites excluding steroid dienone is 1. The molecule has 0 spiro atoms. The highest BCUT2D eigenvalue weighted by molar-refractivity contribution is 5.78. The number of hydrogen-bond donors (Lipinski definition) is 2. The second-order valence-electron chi connectivity index (χ2n) is 6.77. The quantitative estimate of drug-likeness (QED) is 0.793. The number of likely N-dealkylation sites (tertiary alicyclic amines) is 1. The standard InChI is InChI=1S/C18H28N4O/c23-18(19-10-6-15-4-2-1-3-5-15)14-22-12-8-16(9-13-22)17-7-11-20-21-17/h4,7,11,16H,1-3,5-6,8-10,12-14H2,(H,19,23)(H,20,21). The lowest BCUT2D eigenvalue weighted by molar-refractivity contribution is -0.122. The van der Waals surface area contributed by atoms with E-state index in [0.29, 0.717) is 12.5 Å². The topological polar surface area (TPSA) is 61.0 Å². The van der Waals surface area contributed by atoms with E-state index < -0.39 is 0 Å². The Balaban J connectivity index is 1.32. The Hall–Kier alpha value is -1.62. The summed E-state index contributed by atoms with van der Waals surface area (Å²) in [7, 11) is 0. The van der Waals surface area contributed by atoms with Crippen molar-refractivity contribution in [2.45, 2.75) is 50.9 Å². The van der Waals surface area contributed by atoms with Crippen molar-refractivity contribution in [1.82, 2.24) is 20.4 Å². The third-order valence-corrected chi connectivity index (χ3v) is 5.07. The summed E-state index contributed by atoms with van der Waals surface area (Å²) in [6, 6.07) is 2.06. The van der Waals surface area contributed by atoms with Crippen LogP contribution in [0.3, 0.4) is 0 Å². The van der Waals surface area contributed by atoms with Gasteiger partial charge in [0.05, 0.1) is 6.54 Å². The predicted octanol–water partition coefficient (Wildman–Crippen LogP) is 2.60. The molecule has 0 atom stereocenters. The number of piperidine rings is 1. The molecule has 5 heteroatoms. The van der Waals surface area contributed by atoms with Crippen LogP contribution in [-0.2, 0) is 4.79 Å². The zero-order valence-corrected chi connectivity index (χ0v) is 13.9. The smallest absolute Gasteiger partial charge is 0.234 e. The molecule has 0 bridgehead atoms. The molecule has 0 unspecified atom stereocenters. The Morgan fingerprint density at radius 3 is 2.91 bits per heavy atom. The number of aromatic nitrogens is 2. The van der Waals surface area contributed by atoms with Gasteiger partial charge in [-0.05, 0) is 64.1 Å². The lowest BCUT2D eigenvalue weighted by atomic mass is 9.94. The Bertz CT molecular complexity index is 515. The highest BCUT2D eigenvalue weighted by atomic mass is 16.2. The average molecular weight is 316 g/mol. The first-order chi connectivity index (χ1) is 11.3. The zero-order chi connectivity index (χ0) is 15.9. The number of carbonyl (C=O) groups excluding carboxylic acids is 1. The van der Waals surface area contributed by atoms with Crippen LogP contribution in [0.15, 0.2) is 23.9 Å². The maximum Gasteiger partial charge on any atom is 0.234 e. The van der Waals surface area contributed by atoms with E-state index in [-0.39, 0.29) is 5.91 Å². The lowest BCUT2D eigenvalue weighted by Gasteiger charge is -2.30. The van der Waals surface area contributed by atoms with Crippen molar-refractivity contribution in [3.05, 3.63) is 29.6 Å². The van der Waals surface area contributed by atoms with Crippen molar-refractivity contribution in [2.75, 3.05) is 26.2 Å². The van der Waals surface area contributed by atoms with Crippen LogP contribution in [0.2, 0.25) is 0 Å². The number of nitrogens with zero attached hydrogens (tertiary/aromatic N) is 2. The van der Waals surface area contributed by atoms with Crippen LogP contribution in [-0.4, -0.2) is 47.2 Å². The first kappa shape index (κ1) is 16.2. The Morgan fingerprint density at radius 2 is 2.22 bits per heavy atom. The Labute approximate surface area is 138 Å². The fourth-order valence-electron chi connectivity index (χ4n) is 3.65. The number of hydrogen-bond acceptors (Lipinski definition) is 3. The fourth-order valence-corrected chi connectivity index (χ4v) is 3.65. The predicted molar refractivity (Wildman–Crippen MR) is 91.2 cm³/mol. The molecule has 1 fully saturated rings. The third-order valence-electron chi connectivity index (χ3n) is 5.07. The molecule has 1 saturated heterocycles. The van der Waals surface area contributed by atoms with Gasteiger partial charge in [-0.3, -0.25) is 14.8 Å². The molecule has 1 amide bonds. The maximum absolute atomic E-state index is 12.1. The van der Waals surface area contributed by atoms with Gasteiger partial charge < -0.3 is 5.32 Å². The summed E-state index contributed by atoms with van der Waals surface area (Å²) in [5.41, 5.74) is 2.76. The van der Waals surface area contributed by atoms with Gasteiger partial charge >= 0.3 is 0 Å². The number of carbonyl (C=O) groups is 1. The van der Waals surface area contributed by atoms with Gasteiger partial charge in [-0.2, -0.15) is 5.10 Å². The average Bonchev–Trinajstić information content (AvgIpc) is 3.11. The van der Waals surface area contributed by atoms with Gasteiger partial charge in [-0.1, -0.05) is 11.6 Å². The first-order valence-corrected chi connectivity index (χ1v) is 8.97. The van der Waals surface area contributed by atoms with Gasteiger partial charge in [-0.25, -0.2) is 0 Å². The zero-order valence-electron chi connectivity index (χ0n) is 13.9. The van der Waals surface area contributed by atoms with E-state index in [1.165, 1.54) is 37.0 Å². The molecule has 2 N–H and O–H groups in total. The van der Waals surface area contributed by atoms with Gasteiger partial charge in [0, 0.05) is 24.4 Å². The minimum Gasteiger partial charge on any atom is -0.355 e. The highest BCUT2D eigenvalue weighted by Gasteiger charge is 2.22. The van der Waals surface area contributed by atoms with E-state index in [9.17, 15) is 4.79 Å². The van der Waals surface area contributed by atoms with Gasteiger partial charge in [0.25, 0.3) is 0 Å². The first-order valence-electron chi connectivity index (χ1n) is 8.97. The van der Waals surface area contributed by atoms with Crippen molar-refractivity contribution in [3.8, 4) is 0 Å². The van der Waals surface area contributed by atoms with Crippen LogP contribution < -0.4 is 5.32 Å². The summed E-state index contributed by atoms with van der Waals surface area (Å²) in [4.78, 5) is 14.3. The monoisotopic (exact) mass is 316 g/mol. The summed E-state index contributed by atoms with van der Waals surface area (Å²) in [6.07, 6.45) is 12.5. The second kappa shape index (κ2) is 8.29. The van der Waals surface area contributed by atoms with E-state index in [4.69, 9.17) is 0 Å². The summed E-state index contributed by atoms with van der Waals surface area (Å²) in [6.45, 7) is 3.30. The highest BCUT2D eigenvalue weighted by Crippen LogP contribution is 2.26. The van der Waals surface area contributed by atoms with Crippen molar-refractivity contribution in [3.63, 3.8) is 0 Å². The Kier molecular flexibility index (Phi) is 5.86. The van der Waals surface area contributed by atoms with Crippen LogP contribution in [0.25, 0.3) is 0 Å². The van der Waals surface area contributed by atoms with Crippen LogP contribution in [0.1, 0.15) is 56.6 Å². The van der Waals surface area contributed by atoms with Crippen molar-refractivity contribution in [2.24, 2.45) is 0 Å². The SMILES string of the molecule is O=C(CN1CCC(c2ccn[nH]2)CC1)NCCC1=CCCCC1. The summed E-state index contributed by atoms with van der Waals surface area (Å²) < 4.78 is 0. The van der Waals surface area contributed by atoms with Crippen molar-refractivity contribution < 1.29 is 4.79 Å². The second-order valence-corrected chi connectivity index (χ2v) is 6.77. The third kappa shape index (κ3) is 4.93. The van der Waals surface area contributed by atoms with E-state index in [2.05, 4.69) is 32.6 Å². The van der Waals surface area contributed by atoms with Crippen molar-refractivity contribution in [1.29, 1.82) is 0 Å². The van der Waals surface area contributed by atoms with Crippen LogP contribution >= 0.6 is 0 Å². The molecule has 3 rings (SSSR count). The van der Waals surface area contributed by atoms with Gasteiger partial charge in [0.15, 0.2) is 0 Å². The number of H-pyrrole nitrogens is 1. The van der Waals surface area contributed by atoms with Crippen LogP contribution in [0, 0.1) is 0 Å². The fraction of sp³-hybridized carbons (Fsp3) is 0.667. The largest absolute Gasteiger partial charge is 0.355 e. The van der Waals surface area contributed by atoms with Gasteiger partial charge in [0.2, 0.25) is 5.91 Å². The summed E-state index contributed by atoms with van der Waals surface area (Å²) in [5, 5.41) is 10.2. The molecule has 1 aliphatic heterocycles. The minimum absolute atomic E-state index is 0.168. The molecule has 126 valence electrons. The molecule has 1 aromatic heterocycles. The van der Waals surface area contributed by atoms with Crippen LogP contribution in [0.4, 0.5) is 0 Å². The van der Waals surface area contributed by atoms with Gasteiger partial charge in [-0.15, -0.1) is 0 Å². The molecule has 0 aromatic carbocycles. The van der Waals surface area contributed by atoms with E-state index in [1.807, 2.05) is 6.20 Å². The minimum atomic E-state index is 0.168. The number of aromatic amines is 1. The molecule has 1 aliphatic carbocycles. The van der Waals surface area contributed by atoms with E-state index in [0.717, 1.165) is 38.9 Å². The molecule has 1 aromatic rings. The molecule has 5 nitrogen and oxygen atoms in total. The van der Waals surface area contributed by atoms with Gasteiger partial charge in [0.1, 0.15) is 0 Å². The number of nitrogens with one attached hydrogen (secondary N) is 2. The Morgan fingerprint density at radius 1 is 1.35 bits per heavy atom. The molecule has 2 aliphatic rings. The molecule has 2 heterocycles. The number of amides is 1. The van der Waals surface area contributed by atoms with Crippen molar-refractivity contribution >= 4 is 5.91 Å². The lowest BCUT2D eigenvalue weighted by Crippen LogP contribution is -2.41. The molecule has 0 radical (unpaired) electrons. The van der Waals surface area contributed by atoms with E-state index in [1.54, 1.807) is 0 Å². The van der Waals surface area contributed by atoms with Crippen LogP contribution in [0.5, 0.6) is 0 Å². The molecular weight excluding hydrogens is 288 g/mol. The summed E-state index contributed by atoms with van der Waals surface area (Å²) >= 11 is 0. The van der Waals surface area contributed by atoms with E-state index >= 15 is 0 Å².